The van der Waals surface area contributed by atoms with Crippen molar-refractivity contribution in [2.45, 2.75) is 38.7 Å². The first-order chi connectivity index (χ1) is 7.70. The van der Waals surface area contributed by atoms with Gasteiger partial charge < -0.3 is 5.11 Å². The fourth-order valence-corrected chi connectivity index (χ4v) is 2.76. The van der Waals surface area contributed by atoms with E-state index in [9.17, 15) is 9.90 Å². The quantitative estimate of drug-likeness (QED) is 0.847. The summed E-state index contributed by atoms with van der Waals surface area (Å²) in [6.07, 6.45) is 2.43. The van der Waals surface area contributed by atoms with Crippen LogP contribution in [-0.2, 0) is 4.79 Å². The minimum Gasteiger partial charge on any atom is -0.387 e. The van der Waals surface area contributed by atoms with E-state index in [1.54, 1.807) is 0 Å². The van der Waals surface area contributed by atoms with Gasteiger partial charge in [0.05, 0.1) is 11.5 Å². The molecule has 2 rings (SSSR count). The van der Waals surface area contributed by atoms with Crippen LogP contribution in [0.3, 0.4) is 0 Å². The highest BCUT2D eigenvalue weighted by molar-refractivity contribution is 5.87. The second-order valence-electron chi connectivity index (χ2n) is 4.60. The molecule has 0 bridgehead atoms. The van der Waals surface area contributed by atoms with Gasteiger partial charge in [-0.1, -0.05) is 37.3 Å². The predicted molar refractivity (Wildman–Crippen MR) is 63.0 cm³/mol. The maximum Gasteiger partial charge on any atom is 0.141 e. The lowest BCUT2D eigenvalue weighted by Crippen LogP contribution is -2.32. The summed E-state index contributed by atoms with van der Waals surface area (Å²) in [5.41, 5.74) is 0.334. The minimum absolute atomic E-state index is 0.228. The Bertz CT molecular complexity index is 372. The number of aliphatic hydroxyl groups is 1. The van der Waals surface area contributed by atoms with Crippen molar-refractivity contribution >= 4 is 5.78 Å². The molecule has 1 aromatic rings. The van der Waals surface area contributed by atoms with Crippen LogP contribution in [-0.4, -0.2) is 10.9 Å². The summed E-state index contributed by atoms with van der Waals surface area (Å²) in [5.74, 6) is 0.228. The molecule has 0 aromatic heterocycles. The van der Waals surface area contributed by atoms with E-state index in [4.69, 9.17) is 0 Å². The van der Waals surface area contributed by atoms with Crippen molar-refractivity contribution in [1.82, 2.24) is 0 Å². The number of benzene rings is 1. The Kier molecular flexibility index (Phi) is 3.10. The van der Waals surface area contributed by atoms with Gasteiger partial charge in [-0.25, -0.2) is 0 Å². The highest BCUT2D eigenvalue weighted by Crippen LogP contribution is 2.47. The summed E-state index contributed by atoms with van der Waals surface area (Å²) in [4.78, 5) is 12.0. The largest absolute Gasteiger partial charge is 0.387 e. The first kappa shape index (κ1) is 11.3. The SMILES string of the molecule is CC[C@@]1([C@H](O)c2ccccc2)CCCC1=O. The summed E-state index contributed by atoms with van der Waals surface area (Å²) >= 11 is 0. The number of hydrogen-bond donors (Lipinski definition) is 1. The summed E-state index contributed by atoms with van der Waals surface area (Å²) in [6.45, 7) is 2.00. The summed E-state index contributed by atoms with van der Waals surface area (Å²) < 4.78 is 0. The van der Waals surface area contributed by atoms with E-state index < -0.39 is 11.5 Å². The molecule has 1 N–H and O–H groups in total. The number of hydrogen-bond acceptors (Lipinski definition) is 2. The number of ketones is 1. The van der Waals surface area contributed by atoms with Crippen molar-refractivity contribution in [2.75, 3.05) is 0 Å². The van der Waals surface area contributed by atoms with Gasteiger partial charge in [-0.15, -0.1) is 0 Å². The molecular formula is C14H18O2. The highest BCUT2D eigenvalue weighted by Gasteiger charge is 2.46. The number of rotatable bonds is 3. The van der Waals surface area contributed by atoms with Crippen LogP contribution in [0.25, 0.3) is 0 Å². The smallest absolute Gasteiger partial charge is 0.141 e. The minimum atomic E-state index is -0.645. The maximum atomic E-state index is 12.0. The Morgan fingerprint density at radius 1 is 1.38 bits per heavy atom. The Morgan fingerprint density at radius 3 is 2.56 bits per heavy atom. The molecule has 0 aliphatic heterocycles. The Morgan fingerprint density at radius 2 is 2.06 bits per heavy atom. The van der Waals surface area contributed by atoms with Crippen LogP contribution in [0, 0.1) is 5.41 Å². The van der Waals surface area contributed by atoms with E-state index in [0.717, 1.165) is 24.8 Å². The van der Waals surface area contributed by atoms with Gasteiger partial charge in [0.2, 0.25) is 0 Å². The fraction of sp³-hybridized carbons (Fsp3) is 0.500. The van der Waals surface area contributed by atoms with Crippen molar-refractivity contribution in [1.29, 1.82) is 0 Å². The number of aliphatic hydroxyl groups excluding tert-OH is 1. The van der Waals surface area contributed by atoms with E-state index in [1.807, 2.05) is 37.3 Å². The normalized spacial score (nSPS) is 27.0. The standard InChI is InChI=1S/C14H18O2/c1-2-14(10-6-9-12(14)15)13(16)11-7-4-3-5-8-11/h3-5,7-8,13,16H,2,6,9-10H2,1H3/t13-,14-/m1/s1. The van der Waals surface area contributed by atoms with Crippen LogP contribution in [0.2, 0.25) is 0 Å². The monoisotopic (exact) mass is 218 g/mol. The third-order valence-corrected chi connectivity index (χ3v) is 3.85. The number of carbonyl (C=O) groups excluding carboxylic acids is 1. The molecule has 0 spiro atoms. The van der Waals surface area contributed by atoms with E-state index >= 15 is 0 Å². The first-order valence-electron chi connectivity index (χ1n) is 5.97. The second-order valence-corrected chi connectivity index (χ2v) is 4.60. The summed E-state index contributed by atoms with van der Waals surface area (Å²) in [7, 11) is 0. The Balaban J connectivity index is 2.32. The molecule has 2 atom stereocenters. The number of Topliss-reactive ketones (excluding diaryl/α,β-unsaturated/α-hetero) is 1. The third-order valence-electron chi connectivity index (χ3n) is 3.85. The topological polar surface area (TPSA) is 37.3 Å². The summed E-state index contributed by atoms with van der Waals surface area (Å²) in [6, 6.07) is 9.52. The van der Waals surface area contributed by atoms with E-state index in [1.165, 1.54) is 0 Å². The Labute approximate surface area is 96.3 Å². The van der Waals surface area contributed by atoms with Crippen LogP contribution < -0.4 is 0 Å². The van der Waals surface area contributed by atoms with Crippen LogP contribution in [0.5, 0.6) is 0 Å². The molecule has 1 aromatic carbocycles. The lowest BCUT2D eigenvalue weighted by atomic mass is 9.74. The van der Waals surface area contributed by atoms with Crippen LogP contribution in [0.15, 0.2) is 30.3 Å². The molecule has 1 fully saturated rings. The first-order valence-corrected chi connectivity index (χ1v) is 5.97. The molecule has 1 aliphatic carbocycles. The van der Waals surface area contributed by atoms with Gasteiger partial charge in [0.15, 0.2) is 0 Å². The zero-order chi connectivity index (χ0) is 11.6. The molecule has 1 saturated carbocycles. The molecule has 1 aliphatic rings. The maximum absolute atomic E-state index is 12.0. The lowest BCUT2D eigenvalue weighted by Gasteiger charge is -2.31. The fourth-order valence-electron chi connectivity index (χ4n) is 2.76. The van der Waals surface area contributed by atoms with Gasteiger partial charge in [-0.05, 0) is 24.8 Å². The average Bonchev–Trinajstić information content (AvgIpc) is 2.72. The highest BCUT2D eigenvalue weighted by atomic mass is 16.3. The van der Waals surface area contributed by atoms with Gasteiger partial charge in [0.25, 0.3) is 0 Å². The van der Waals surface area contributed by atoms with Crippen LogP contribution in [0.1, 0.15) is 44.3 Å². The van der Waals surface area contributed by atoms with Gasteiger partial charge in [0, 0.05) is 6.42 Å². The Hall–Kier alpha value is -1.15. The third kappa shape index (κ3) is 1.67. The van der Waals surface area contributed by atoms with Crippen LogP contribution >= 0.6 is 0 Å². The van der Waals surface area contributed by atoms with Gasteiger partial charge in [-0.3, -0.25) is 4.79 Å². The number of carbonyl (C=O) groups is 1. The van der Waals surface area contributed by atoms with Crippen LogP contribution in [0.4, 0.5) is 0 Å². The zero-order valence-corrected chi connectivity index (χ0v) is 9.65. The molecule has 0 unspecified atom stereocenters. The molecule has 0 amide bonds. The van der Waals surface area contributed by atoms with E-state index in [2.05, 4.69) is 0 Å². The van der Waals surface area contributed by atoms with Crippen molar-refractivity contribution in [3.8, 4) is 0 Å². The van der Waals surface area contributed by atoms with Gasteiger partial charge in [-0.2, -0.15) is 0 Å². The van der Waals surface area contributed by atoms with Gasteiger partial charge in [0.1, 0.15) is 5.78 Å². The van der Waals surface area contributed by atoms with E-state index in [0.29, 0.717) is 6.42 Å². The molecular weight excluding hydrogens is 200 g/mol. The average molecular weight is 218 g/mol. The molecule has 2 heteroatoms. The predicted octanol–water partition coefficient (Wildman–Crippen LogP) is 2.87. The van der Waals surface area contributed by atoms with Crippen molar-refractivity contribution in [3.05, 3.63) is 35.9 Å². The molecule has 16 heavy (non-hydrogen) atoms. The van der Waals surface area contributed by atoms with E-state index in [-0.39, 0.29) is 5.78 Å². The summed E-state index contributed by atoms with van der Waals surface area (Å²) in [5, 5.41) is 10.4. The van der Waals surface area contributed by atoms with Crippen molar-refractivity contribution in [3.63, 3.8) is 0 Å². The molecule has 2 nitrogen and oxygen atoms in total. The van der Waals surface area contributed by atoms with Gasteiger partial charge >= 0.3 is 0 Å². The molecule has 0 saturated heterocycles. The van der Waals surface area contributed by atoms with Crippen molar-refractivity contribution < 1.29 is 9.90 Å². The van der Waals surface area contributed by atoms with Crippen molar-refractivity contribution in [2.24, 2.45) is 5.41 Å². The zero-order valence-electron chi connectivity index (χ0n) is 9.65. The molecule has 0 heterocycles. The molecule has 86 valence electrons. The second kappa shape index (κ2) is 4.38. The molecule has 0 radical (unpaired) electrons. The lowest BCUT2D eigenvalue weighted by molar-refractivity contribution is -0.132.